The fourth-order valence-corrected chi connectivity index (χ4v) is 3.17. The van der Waals surface area contributed by atoms with Gasteiger partial charge in [0.1, 0.15) is 6.04 Å². The molecule has 3 amide bonds. The molecule has 2 atom stereocenters. The Balaban J connectivity index is 2.88. The Hall–Kier alpha value is -2.46. The first-order chi connectivity index (χ1) is 11.5. The van der Waals surface area contributed by atoms with Gasteiger partial charge in [0, 0.05) is 0 Å². The average Bonchev–Trinajstić information content (AvgIpc) is 2.52. The highest BCUT2D eigenvalue weighted by molar-refractivity contribution is 7.89. The van der Waals surface area contributed by atoms with Crippen LogP contribution in [0.15, 0.2) is 35.2 Å². The zero-order valence-electron chi connectivity index (χ0n) is 14.1. The number of amides is 3. The zero-order chi connectivity index (χ0) is 19.2. The normalized spacial score (nSPS) is 13.8. The van der Waals surface area contributed by atoms with E-state index >= 15 is 0 Å². The molecule has 0 saturated heterocycles. The molecule has 1 rings (SSSR count). The Morgan fingerprint density at radius 1 is 1.08 bits per heavy atom. The van der Waals surface area contributed by atoms with Crippen molar-refractivity contribution in [3.05, 3.63) is 30.3 Å². The van der Waals surface area contributed by atoms with Crippen LogP contribution < -0.4 is 15.8 Å². The molecule has 0 aliphatic heterocycles. The number of sulfonamides is 1. The van der Waals surface area contributed by atoms with E-state index in [1.807, 2.05) is 0 Å². The van der Waals surface area contributed by atoms with Crippen LogP contribution in [0.2, 0.25) is 0 Å². The van der Waals surface area contributed by atoms with Crippen molar-refractivity contribution in [2.24, 2.45) is 11.7 Å². The van der Waals surface area contributed by atoms with Gasteiger partial charge in [0.05, 0.1) is 4.90 Å². The van der Waals surface area contributed by atoms with Crippen molar-refractivity contribution in [3.8, 4) is 0 Å². The first-order valence-electron chi connectivity index (χ1n) is 7.42. The molecule has 10 heteroatoms. The Morgan fingerprint density at radius 3 is 2.12 bits per heavy atom. The molecule has 138 valence electrons. The number of ether oxygens (including phenoxy) is 1. The zero-order valence-corrected chi connectivity index (χ0v) is 14.9. The molecule has 0 aliphatic rings. The predicted octanol–water partition coefficient (Wildman–Crippen LogP) is 0.116. The Labute approximate surface area is 146 Å². The number of nitrogens with one attached hydrogen (secondary N) is 2. The minimum absolute atomic E-state index is 0.00651. The fraction of sp³-hybridized carbons (Fsp3) is 0.400. The van der Waals surface area contributed by atoms with Gasteiger partial charge >= 0.3 is 12.0 Å². The summed E-state index contributed by atoms with van der Waals surface area (Å²) in [5, 5.41) is 1.77. The van der Waals surface area contributed by atoms with E-state index in [4.69, 9.17) is 10.5 Å². The second kappa shape index (κ2) is 8.58. The number of carbonyl (C=O) groups is 3. The minimum Gasteiger partial charge on any atom is -0.451 e. The molecule has 0 bridgehead atoms. The van der Waals surface area contributed by atoms with Crippen molar-refractivity contribution >= 4 is 27.9 Å². The molecule has 9 nitrogen and oxygen atoms in total. The van der Waals surface area contributed by atoms with Crippen LogP contribution in [0.4, 0.5) is 4.79 Å². The van der Waals surface area contributed by atoms with E-state index in [1.165, 1.54) is 19.1 Å². The van der Waals surface area contributed by atoms with Crippen molar-refractivity contribution in [1.29, 1.82) is 0 Å². The summed E-state index contributed by atoms with van der Waals surface area (Å²) in [5.74, 6) is -2.30. The Kier molecular flexibility index (Phi) is 7.07. The summed E-state index contributed by atoms with van der Waals surface area (Å²) in [6.45, 7) is 4.47. The number of nitrogens with two attached hydrogens (primary N) is 1. The molecule has 0 radical (unpaired) electrons. The molecule has 1 aromatic carbocycles. The summed E-state index contributed by atoms with van der Waals surface area (Å²) in [6, 6.07) is 5.22. The third kappa shape index (κ3) is 6.16. The predicted molar refractivity (Wildman–Crippen MR) is 88.7 cm³/mol. The smallest absolute Gasteiger partial charge is 0.325 e. The SMILES string of the molecule is CC(OC(=O)C(NS(=O)(=O)c1ccccc1)C(C)C)C(=O)NC(N)=O. The van der Waals surface area contributed by atoms with Crippen LogP contribution in [0.3, 0.4) is 0 Å². The molecule has 0 aromatic heterocycles. The molecule has 0 heterocycles. The molecule has 4 N–H and O–H groups in total. The number of benzene rings is 1. The van der Waals surface area contributed by atoms with Gasteiger partial charge in [0.2, 0.25) is 10.0 Å². The van der Waals surface area contributed by atoms with E-state index in [9.17, 15) is 22.8 Å². The van der Waals surface area contributed by atoms with Crippen LogP contribution in [0.5, 0.6) is 0 Å². The molecular formula is C15H21N3O6S. The van der Waals surface area contributed by atoms with E-state index in [-0.39, 0.29) is 4.90 Å². The molecular weight excluding hydrogens is 350 g/mol. The molecule has 1 aromatic rings. The second-order valence-electron chi connectivity index (χ2n) is 5.59. The third-order valence-corrected chi connectivity index (χ3v) is 4.62. The lowest BCUT2D eigenvalue weighted by molar-refractivity contribution is -0.157. The van der Waals surface area contributed by atoms with Gasteiger partial charge in [-0.2, -0.15) is 4.72 Å². The van der Waals surface area contributed by atoms with Gasteiger partial charge in [0.15, 0.2) is 6.10 Å². The summed E-state index contributed by atoms with van der Waals surface area (Å²) in [7, 11) is -3.95. The van der Waals surface area contributed by atoms with Gasteiger partial charge in [-0.15, -0.1) is 0 Å². The summed E-state index contributed by atoms with van der Waals surface area (Å²) < 4.78 is 31.9. The molecule has 0 saturated carbocycles. The van der Waals surface area contributed by atoms with Gasteiger partial charge in [-0.3, -0.25) is 14.9 Å². The number of esters is 1. The largest absolute Gasteiger partial charge is 0.451 e. The van der Waals surface area contributed by atoms with E-state index < -0.39 is 46.0 Å². The van der Waals surface area contributed by atoms with Crippen molar-refractivity contribution in [1.82, 2.24) is 10.0 Å². The summed E-state index contributed by atoms with van der Waals surface area (Å²) in [5.41, 5.74) is 4.81. The average molecular weight is 371 g/mol. The van der Waals surface area contributed by atoms with Crippen LogP contribution >= 0.6 is 0 Å². The lowest BCUT2D eigenvalue weighted by Gasteiger charge is -2.22. The van der Waals surface area contributed by atoms with Gasteiger partial charge in [-0.05, 0) is 25.0 Å². The first-order valence-corrected chi connectivity index (χ1v) is 8.91. The minimum atomic E-state index is -3.95. The maximum Gasteiger partial charge on any atom is 0.325 e. The summed E-state index contributed by atoms with van der Waals surface area (Å²) in [6.07, 6.45) is -1.32. The number of rotatable bonds is 7. The summed E-state index contributed by atoms with van der Waals surface area (Å²) in [4.78, 5) is 34.4. The Bertz CT molecular complexity index is 733. The van der Waals surface area contributed by atoms with Crippen LogP contribution in [-0.2, 0) is 24.3 Å². The van der Waals surface area contributed by atoms with E-state index in [0.29, 0.717) is 0 Å². The number of hydrogen-bond acceptors (Lipinski definition) is 6. The first kappa shape index (κ1) is 20.6. The maximum atomic E-state index is 12.4. The number of primary amides is 1. The van der Waals surface area contributed by atoms with Crippen LogP contribution in [0.25, 0.3) is 0 Å². The lowest BCUT2D eigenvalue weighted by atomic mass is 10.1. The maximum absolute atomic E-state index is 12.4. The fourth-order valence-electron chi connectivity index (χ4n) is 1.82. The van der Waals surface area contributed by atoms with Crippen LogP contribution in [-0.4, -0.2) is 38.5 Å². The lowest BCUT2D eigenvalue weighted by Crippen LogP contribution is -2.48. The third-order valence-electron chi connectivity index (χ3n) is 3.16. The number of hydrogen-bond donors (Lipinski definition) is 3. The molecule has 2 unspecified atom stereocenters. The monoisotopic (exact) mass is 371 g/mol. The van der Waals surface area contributed by atoms with E-state index in [2.05, 4.69) is 4.72 Å². The molecule has 25 heavy (non-hydrogen) atoms. The Morgan fingerprint density at radius 2 is 1.64 bits per heavy atom. The van der Waals surface area contributed by atoms with Crippen molar-refractivity contribution < 1.29 is 27.5 Å². The molecule has 0 aliphatic carbocycles. The highest BCUT2D eigenvalue weighted by atomic mass is 32.2. The van der Waals surface area contributed by atoms with Crippen LogP contribution in [0.1, 0.15) is 20.8 Å². The topological polar surface area (TPSA) is 145 Å². The van der Waals surface area contributed by atoms with Gasteiger partial charge in [-0.1, -0.05) is 32.0 Å². The van der Waals surface area contributed by atoms with Gasteiger partial charge in [0.25, 0.3) is 5.91 Å². The van der Waals surface area contributed by atoms with Crippen molar-refractivity contribution in [3.63, 3.8) is 0 Å². The molecule has 0 fully saturated rings. The van der Waals surface area contributed by atoms with Gasteiger partial charge < -0.3 is 10.5 Å². The van der Waals surface area contributed by atoms with Crippen molar-refractivity contribution in [2.75, 3.05) is 0 Å². The highest BCUT2D eigenvalue weighted by Gasteiger charge is 2.31. The van der Waals surface area contributed by atoms with Crippen molar-refractivity contribution in [2.45, 2.75) is 37.8 Å². The number of carbonyl (C=O) groups excluding carboxylic acids is 3. The van der Waals surface area contributed by atoms with E-state index in [0.717, 1.165) is 0 Å². The quantitative estimate of drug-likeness (QED) is 0.580. The van der Waals surface area contributed by atoms with Crippen LogP contribution in [0, 0.1) is 5.92 Å². The second-order valence-corrected chi connectivity index (χ2v) is 7.30. The standard InChI is InChI=1S/C15H21N3O6S/c1-9(2)12(14(20)24-10(3)13(19)17-15(16)21)18-25(22,23)11-7-5-4-6-8-11/h4-10,12,18H,1-3H3,(H3,16,17,19,21). The summed E-state index contributed by atoms with van der Waals surface area (Å²) >= 11 is 0. The number of urea groups is 1. The highest BCUT2D eigenvalue weighted by Crippen LogP contribution is 2.13. The molecule has 0 spiro atoms. The van der Waals surface area contributed by atoms with E-state index in [1.54, 1.807) is 37.4 Å². The number of imide groups is 1. The van der Waals surface area contributed by atoms with Gasteiger partial charge in [-0.25, -0.2) is 13.2 Å².